The molecule has 0 saturated carbocycles. The van der Waals surface area contributed by atoms with E-state index in [0.717, 1.165) is 42.9 Å². The first-order valence-electron chi connectivity index (χ1n) is 6.39. The molecule has 0 unspecified atom stereocenters. The predicted molar refractivity (Wildman–Crippen MR) is 74.1 cm³/mol. The summed E-state index contributed by atoms with van der Waals surface area (Å²) in [5, 5.41) is 13.2. The fourth-order valence-corrected chi connectivity index (χ4v) is 2.21. The summed E-state index contributed by atoms with van der Waals surface area (Å²) in [6.07, 6.45) is 4.92. The Morgan fingerprint density at radius 3 is 2.79 bits per heavy atom. The van der Waals surface area contributed by atoms with Gasteiger partial charge in [0, 0.05) is 13.2 Å². The monoisotopic (exact) mass is 282 g/mol. The number of nitrogens with zero attached hydrogens (tertiary/aromatic N) is 5. The van der Waals surface area contributed by atoms with Gasteiger partial charge in [0.05, 0.1) is 28.6 Å². The van der Waals surface area contributed by atoms with Gasteiger partial charge in [-0.15, -0.1) is 5.10 Å². The third-order valence-corrected chi connectivity index (χ3v) is 3.54. The van der Waals surface area contributed by atoms with E-state index in [9.17, 15) is 0 Å². The first kappa shape index (κ1) is 14.0. The number of aromatic nitrogens is 5. The predicted octanol–water partition coefficient (Wildman–Crippen LogP) is 1.30. The van der Waals surface area contributed by atoms with E-state index in [1.165, 1.54) is 0 Å². The first-order valence-corrected chi connectivity index (χ1v) is 6.76. The van der Waals surface area contributed by atoms with Crippen LogP contribution < -0.4 is 5.73 Å². The summed E-state index contributed by atoms with van der Waals surface area (Å²) in [6, 6.07) is 0. The van der Waals surface area contributed by atoms with Crippen molar-refractivity contribution in [2.75, 3.05) is 6.54 Å². The van der Waals surface area contributed by atoms with Crippen LogP contribution in [0.1, 0.15) is 29.9 Å². The van der Waals surface area contributed by atoms with Crippen molar-refractivity contribution in [1.29, 1.82) is 0 Å². The van der Waals surface area contributed by atoms with Crippen LogP contribution in [0, 0.1) is 6.92 Å². The van der Waals surface area contributed by atoms with Crippen LogP contribution in [-0.4, -0.2) is 31.3 Å². The zero-order valence-corrected chi connectivity index (χ0v) is 12.1. The van der Waals surface area contributed by atoms with Crippen LogP contribution in [-0.2, 0) is 20.0 Å². The molecule has 2 rings (SSSR count). The van der Waals surface area contributed by atoms with Crippen LogP contribution in [0.4, 0.5) is 0 Å². The van der Waals surface area contributed by atoms with Gasteiger partial charge in [-0.05, 0) is 32.7 Å². The molecule has 0 radical (unpaired) electrons. The smallest absolute Gasteiger partial charge is 0.0866 e. The van der Waals surface area contributed by atoms with Crippen molar-refractivity contribution in [2.45, 2.75) is 32.7 Å². The van der Waals surface area contributed by atoms with Crippen LogP contribution in [0.2, 0.25) is 5.02 Å². The average Bonchev–Trinajstić information content (AvgIpc) is 2.91. The van der Waals surface area contributed by atoms with Gasteiger partial charge in [0.25, 0.3) is 0 Å². The summed E-state index contributed by atoms with van der Waals surface area (Å²) in [5.74, 6) is 0. The summed E-state index contributed by atoms with van der Waals surface area (Å²) in [6.45, 7) is 3.20. The van der Waals surface area contributed by atoms with Gasteiger partial charge in [0.15, 0.2) is 0 Å². The average molecular weight is 283 g/mol. The van der Waals surface area contributed by atoms with Gasteiger partial charge in [0.2, 0.25) is 0 Å². The molecular formula is C12H19ClN6. The number of hydrogen-bond donors (Lipinski definition) is 1. The molecule has 2 aromatic heterocycles. The lowest BCUT2D eigenvalue weighted by atomic mass is 10.2. The standard InChI is InChI=1S/C12H19ClN6/c1-9-12(13)11(18(2)16-9)8-19-7-10(15-17-19)5-3-4-6-14/h7H,3-6,8,14H2,1-2H3. The normalized spacial score (nSPS) is 11.2. The Labute approximate surface area is 117 Å². The van der Waals surface area contributed by atoms with Gasteiger partial charge in [-0.25, -0.2) is 4.68 Å². The maximum atomic E-state index is 6.21. The minimum absolute atomic E-state index is 0.583. The molecule has 2 N–H and O–H groups in total. The molecule has 0 aliphatic carbocycles. The molecule has 0 atom stereocenters. The second-order valence-electron chi connectivity index (χ2n) is 4.62. The van der Waals surface area contributed by atoms with Crippen molar-refractivity contribution in [1.82, 2.24) is 24.8 Å². The summed E-state index contributed by atoms with van der Waals surface area (Å²) in [4.78, 5) is 0. The molecule has 0 saturated heterocycles. The molecule has 0 aliphatic heterocycles. The van der Waals surface area contributed by atoms with E-state index in [2.05, 4.69) is 15.4 Å². The Morgan fingerprint density at radius 1 is 1.37 bits per heavy atom. The van der Waals surface area contributed by atoms with Crippen molar-refractivity contribution >= 4 is 11.6 Å². The molecule has 0 fully saturated rings. The molecule has 6 nitrogen and oxygen atoms in total. The van der Waals surface area contributed by atoms with Crippen LogP contribution in [0.5, 0.6) is 0 Å². The minimum atomic E-state index is 0.583. The minimum Gasteiger partial charge on any atom is -0.330 e. The fraction of sp³-hybridized carbons (Fsp3) is 0.583. The summed E-state index contributed by atoms with van der Waals surface area (Å²) in [7, 11) is 1.88. The van der Waals surface area contributed by atoms with E-state index in [1.54, 1.807) is 9.36 Å². The van der Waals surface area contributed by atoms with Gasteiger partial charge in [-0.1, -0.05) is 16.8 Å². The van der Waals surface area contributed by atoms with Gasteiger partial charge in [-0.2, -0.15) is 5.10 Å². The van der Waals surface area contributed by atoms with Crippen molar-refractivity contribution in [3.8, 4) is 0 Å². The van der Waals surface area contributed by atoms with Gasteiger partial charge >= 0.3 is 0 Å². The maximum Gasteiger partial charge on any atom is 0.0866 e. The molecule has 0 bridgehead atoms. The zero-order valence-electron chi connectivity index (χ0n) is 11.3. The number of halogens is 1. The highest BCUT2D eigenvalue weighted by molar-refractivity contribution is 6.31. The third kappa shape index (κ3) is 3.33. The molecule has 0 amide bonds. The van der Waals surface area contributed by atoms with Crippen LogP contribution in [0.15, 0.2) is 6.20 Å². The summed E-state index contributed by atoms with van der Waals surface area (Å²) >= 11 is 6.21. The quantitative estimate of drug-likeness (QED) is 0.811. The fourth-order valence-electron chi connectivity index (χ4n) is 1.99. The molecule has 2 aromatic rings. The topological polar surface area (TPSA) is 74.5 Å². The van der Waals surface area contributed by atoms with Crippen molar-refractivity contribution < 1.29 is 0 Å². The largest absolute Gasteiger partial charge is 0.330 e. The molecule has 0 aromatic carbocycles. The van der Waals surface area contributed by atoms with Crippen molar-refractivity contribution in [3.05, 3.63) is 28.3 Å². The van der Waals surface area contributed by atoms with Crippen LogP contribution in [0.25, 0.3) is 0 Å². The third-order valence-electron chi connectivity index (χ3n) is 3.05. The molecular weight excluding hydrogens is 264 g/mol. The van der Waals surface area contributed by atoms with Crippen molar-refractivity contribution in [2.24, 2.45) is 12.8 Å². The lowest BCUT2D eigenvalue weighted by Gasteiger charge is -2.01. The van der Waals surface area contributed by atoms with E-state index in [1.807, 2.05) is 20.2 Å². The Balaban J connectivity index is 2.03. The lowest BCUT2D eigenvalue weighted by molar-refractivity contribution is 0.599. The maximum absolute atomic E-state index is 6.21. The van der Waals surface area contributed by atoms with E-state index < -0.39 is 0 Å². The van der Waals surface area contributed by atoms with Gasteiger partial charge in [-0.3, -0.25) is 4.68 Å². The Kier molecular flexibility index (Phi) is 4.55. The number of nitrogens with two attached hydrogens (primary N) is 1. The number of aryl methyl sites for hydroxylation is 3. The molecule has 2 heterocycles. The SMILES string of the molecule is Cc1nn(C)c(Cn2cc(CCCCN)nn2)c1Cl. The second kappa shape index (κ2) is 6.16. The van der Waals surface area contributed by atoms with E-state index in [4.69, 9.17) is 17.3 Å². The first-order chi connectivity index (χ1) is 9.11. The van der Waals surface area contributed by atoms with Crippen LogP contribution >= 0.6 is 11.6 Å². The van der Waals surface area contributed by atoms with Crippen molar-refractivity contribution in [3.63, 3.8) is 0 Å². The number of hydrogen-bond acceptors (Lipinski definition) is 4. The molecule has 104 valence electrons. The summed E-state index contributed by atoms with van der Waals surface area (Å²) in [5.41, 5.74) is 8.24. The van der Waals surface area contributed by atoms with E-state index in [-0.39, 0.29) is 0 Å². The molecule has 7 heteroatoms. The molecule has 19 heavy (non-hydrogen) atoms. The van der Waals surface area contributed by atoms with Gasteiger partial charge < -0.3 is 5.73 Å². The van der Waals surface area contributed by atoms with E-state index in [0.29, 0.717) is 11.6 Å². The highest BCUT2D eigenvalue weighted by atomic mass is 35.5. The summed E-state index contributed by atoms with van der Waals surface area (Å²) < 4.78 is 3.58. The Morgan fingerprint density at radius 2 is 2.16 bits per heavy atom. The highest BCUT2D eigenvalue weighted by Gasteiger charge is 2.12. The molecule has 0 spiro atoms. The van der Waals surface area contributed by atoms with Crippen LogP contribution in [0.3, 0.4) is 0 Å². The zero-order chi connectivity index (χ0) is 13.8. The lowest BCUT2D eigenvalue weighted by Crippen LogP contribution is -2.06. The van der Waals surface area contributed by atoms with E-state index >= 15 is 0 Å². The Bertz CT molecular complexity index is 544. The van der Waals surface area contributed by atoms with Gasteiger partial charge in [0.1, 0.15) is 0 Å². The highest BCUT2D eigenvalue weighted by Crippen LogP contribution is 2.20. The second-order valence-corrected chi connectivity index (χ2v) is 5.00. The number of rotatable bonds is 6. The molecule has 0 aliphatic rings. The Hall–Kier alpha value is -1.40. The number of unbranched alkanes of at least 4 members (excludes halogenated alkanes) is 1.